The maximum absolute atomic E-state index is 7.00. The van der Waals surface area contributed by atoms with Crippen molar-refractivity contribution in [2.75, 3.05) is 48.5 Å². The lowest BCUT2D eigenvalue weighted by Gasteiger charge is -2.33. The lowest BCUT2D eigenvalue weighted by molar-refractivity contribution is 0.113. The van der Waals surface area contributed by atoms with Gasteiger partial charge in [-0.15, -0.1) is 39.5 Å². The van der Waals surface area contributed by atoms with Crippen LogP contribution >= 0.6 is 0 Å². The summed E-state index contributed by atoms with van der Waals surface area (Å²) in [6.45, 7) is 53.9. The summed E-state index contributed by atoms with van der Waals surface area (Å²) in [6.07, 6.45) is 15.9. The Balaban J connectivity index is -0.0000000625. The number of hydrazine groups is 1. The molecule has 0 aromatic rings. The average molecular weight is 748 g/mol. The van der Waals surface area contributed by atoms with E-state index in [1.807, 2.05) is 60.7 Å². The summed E-state index contributed by atoms with van der Waals surface area (Å²) >= 11 is 0. The lowest BCUT2D eigenvalue weighted by atomic mass is 9.86. The third kappa shape index (κ3) is 66.9. The number of nitrogens with one attached hydrogen (secondary N) is 2. The monoisotopic (exact) mass is 748 g/mol. The zero-order chi connectivity index (χ0) is 43.8. The van der Waals surface area contributed by atoms with E-state index in [9.17, 15) is 0 Å². The minimum atomic E-state index is 0.153. The standard InChI is InChI=1S/C11H22N2.C10H18.C9H22N2.C3H8.3C2H6.2C2H4.CH5NO.CH4O/c1-5-8-11(3,4)12-13-9-6-7-10(13)2;1-3-4-5-9(2)8-10-6-7-10;1-9(2,3)8(10-4)7-11(5)6;1-3-2;5*1-2;1-3-2;1-2/h5,10,12H,1,6-9H2,2-4H3;3,9-10H,1,4-8H2,2H3;8,10H,7H2,1-6H3;3H2,1-2H3;3*1-2H3;2*1-2H2;2H2,1H3;2H,1H3. The summed E-state index contributed by atoms with van der Waals surface area (Å²) in [6, 6.07) is 1.25. The molecule has 322 valence electrons. The molecule has 5 N–H and O–H groups in total. The first-order valence-corrected chi connectivity index (χ1v) is 20.3. The second kappa shape index (κ2) is 59.0. The van der Waals surface area contributed by atoms with Crippen molar-refractivity contribution in [3.63, 3.8) is 0 Å². The van der Waals surface area contributed by atoms with E-state index >= 15 is 0 Å². The highest BCUT2D eigenvalue weighted by Crippen LogP contribution is 2.36. The van der Waals surface area contributed by atoms with Crippen LogP contribution in [0.4, 0.5) is 0 Å². The Labute approximate surface area is 332 Å². The molecule has 0 bridgehead atoms. The number of hydrogen-bond acceptors (Lipinski definition) is 7. The smallest absolute Gasteiger partial charge is 0.0569 e. The third-order valence-corrected chi connectivity index (χ3v) is 6.89. The second-order valence-electron chi connectivity index (χ2n) is 13.7. The zero-order valence-corrected chi connectivity index (χ0v) is 39.8. The van der Waals surface area contributed by atoms with Gasteiger partial charge >= 0.3 is 0 Å². The first kappa shape index (κ1) is 72.0. The number of nitrogens with two attached hydrogens (primary N) is 1. The normalized spacial score (nSPS) is 14.8. The van der Waals surface area contributed by atoms with Crippen LogP contribution in [0.5, 0.6) is 0 Å². The minimum absolute atomic E-state index is 0.153. The van der Waals surface area contributed by atoms with E-state index in [4.69, 9.17) is 5.11 Å². The van der Waals surface area contributed by atoms with Crippen molar-refractivity contribution in [1.29, 1.82) is 0 Å². The highest BCUT2D eigenvalue weighted by molar-refractivity contribution is 4.87. The summed E-state index contributed by atoms with van der Waals surface area (Å²) in [4.78, 5) is 5.96. The van der Waals surface area contributed by atoms with Crippen LogP contribution in [0.1, 0.15) is 162 Å². The van der Waals surface area contributed by atoms with E-state index < -0.39 is 0 Å². The summed E-state index contributed by atoms with van der Waals surface area (Å²) in [5, 5.41) is 12.7. The van der Waals surface area contributed by atoms with Crippen molar-refractivity contribution in [3.8, 4) is 0 Å². The lowest BCUT2D eigenvalue weighted by Crippen LogP contribution is -2.51. The van der Waals surface area contributed by atoms with Crippen molar-refractivity contribution in [1.82, 2.24) is 20.7 Å². The molecule has 0 amide bonds. The SMILES string of the molecule is C=C.C=C.C=CCC(C)(C)NN1CCCC1C.C=CCCC(C)CC1CC1.CC.CC.CC.CCC.CNC(CN(C)C)C(C)(C)C.CO.CON. The van der Waals surface area contributed by atoms with Crippen molar-refractivity contribution in [3.05, 3.63) is 51.6 Å². The molecule has 3 atom stereocenters. The van der Waals surface area contributed by atoms with Crippen molar-refractivity contribution in [2.24, 2.45) is 23.1 Å². The number of aliphatic hydroxyl groups is 1. The van der Waals surface area contributed by atoms with Gasteiger partial charge in [0.05, 0.1) is 7.11 Å². The number of rotatable bonds is 12. The summed E-state index contributed by atoms with van der Waals surface area (Å²) in [7, 11) is 8.64. The largest absolute Gasteiger partial charge is 0.400 e. The van der Waals surface area contributed by atoms with Crippen molar-refractivity contribution >= 4 is 0 Å². The van der Waals surface area contributed by atoms with Crippen LogP contribution in [0, 0.1) is 17.3 Å². The number of allylic oxidation sites excluding steroid dienone is 1. The van der Waals surface area contributed by atoms with Crippen LogP contribution in [0.2, 0.25) is 0 Å². The predicted molar refractivity (Wildman–Crippen MR) is 246 cm³/mol. The summed E-state index contributed by atoms with van der Waals surface area (Å²) in [5.74, 6) is 6.38. The molecule has 1 saturated carbocycles. The van der Waals surface area contributed by atoms with Crippen LogP contribution in [0.15, 0.2) is 51.6 Å². The topological polar surface area (TPSA) is 86.0 Å². The highest BCUT2D eigenvalue weighted by Gasteiger charge is 2.26. The van der Waals surface area contributed by atoms with Gasteiger partial charge in [-0.1, -0.05) is 114 Å². The number of likely N-dealkylation sites (N-methyl/N-ethyl adjacent to an activating group) is 2. The first-order chi connectivity index (χ1) is 24.6. The Morgan fingerprint density at radius 3 is 1.54 bits per heavy atom. The van der Waals surface area contributed by atoms with Crippen LogP contribution in [0.3, 0.4) is 0 Å². The summed E-state index contributed by atoms with van der Waals surface area (Å²) in [5.41, 5.74) is 4.07. The molecule has 52 heavy (non-hydrogen) atoms. The van der Waals surface area contributed by atoms with E-state index in [-0.39, 0.29) is 5.54 Å². The Kier molecular flexibility index (Phi) is 81.7. The fourth-order valence-electron chi connectivity index (χ4n) is 4.50. The van der Waals surface area contributed by atoms with E-state index in [2.05, 4.69) is 147 Å². The molecule has 7 nitrogen and oxygen atoms in total. The number of nitrogens with zero attached hydrogens (tertiary/aromatic N) is 2. The van der Waals surface area contributed by atoms with Gasteiger partial charge in [-0.2, -0.15) is 0 Å². The third-order valence-electron chi connectivity index (χ3n) is 6.89. The van der Waals surface area contributed by atoms with Gasteiger partial charge in [-0.25, -0.2) is 16.3 Å². The van der Waals surface area contributed by atoms with Gasteiger partial charge < -0.3 is 20.2 Å². The molecule has 2 aliphatic rings. The molecule has 2 fully saturated rings. The van der Waals surface area contributed by atoms with E-state index in [0.717, 1.165) is 31.9 Å². The highest BCUT2D eigenvalue weighted by atomic mass is 16.6. The van der Waals surface area contributed by atoms with Gasteiger partial charge in [0.2, 0.25) is 0 Å². The molecule has 0 aromatic carbocycles. The van der Waals surface area contributed by atoms with Gasteiger partial charge in [0.1, 0.15) is 0 Å². The number of hydrogen-bond donors (Lipinski definition) is 4. The van der Waals surface area contributed by atoms with Crippen LogP contribution in [-0.4, -0.2) is 81.1 Å². The summed E-state index contributed by atoms with van der Waals surface area (Å²) < 4.78 is 0. The Hall–Kier alpha value is -1.32. The molecule has 1 heterocycles. The van der Waals surface area contributed by atoms with Crippen LogP contribution < -0.4 is 16.6 Å². The molecular weight excluding hydrogens is 643 g/mol. The molecule has 1 aliphatic carbocycles. The van der Waals surface area contributed by atoms with Crippen molar-refractivity contribution in [2.45, 2.75) is 179 Å². The Morgan fingerprint density at radius 1 is 0.904 bits per heavy atom. The minimum Gasteiger partial charge on any atom is -0.400 e. The second-order valence-corrected chi connectivity index (χ2v) is 13.7. The van der Waals surface area contributed by atoms with Crippen LogP contribution in [0.25, 0.3) is 0 Å². The van der Waals surface area contributed by atoms with E-state index in [1.165, 1.54) is 65.0 Å². The van der Waals surface area contributed by atoms with Gasteiger partial charge in [-0.3, -0.25) is 0 Å². The molecule has 0 radical (unpaired) electrons. The maximum atomic E-state index is 7.00. The molecule has 7 heteroatoms. The predicted octanol–water partition coefficient (Wildman–Crippen LogP) is 12.1. The van der Waals surface area contributed by atoms with Gasteiger partial charge in [0, 0.05) is 37.8 Å². The van der Waals surface area contributed by atoms with Crippen LogP contribution in [-0.2, 0) is 4.84 Å². The maximum Gasteiger partial charge on any atom is 0.0569 e. The van der Waals surface area contributed by atoms with E-state index in [1.54, 1.807) is 0 Å². The molecular formula is C45H105N5O2. The first-order valence-electron chi connectivity index (χ1n) is 20.3. The zero-order valence-electron chi connectivity index (χ0n) is 39.8. The Morgan fingerprint density at radius 2 is 1.31 bits per heavy atom. The Bertz CT molecular complexity index is 601. The molecule has 0 spiro atoms. The van der Waals surface area contributed by atoms with Gasteiger partial charge in [0.25, 0.3) is 0 Å². The van der Waals surface area contributed by atoms with E-state index in [0.29, 0.717) is 17.5 Å². The van der Waals surface area contributed by atoms with Gasteiger partial charge in [-0.05, 0) is 97.7 Å². The molecule has 0 aromatic heterocycles. The van der Waals surface area contributed by atoms with Crippen molar-refractivity contribution < 1.29 is 9.94 Å². The fourth-order valence-corrected chi connectivity index (χ4v) is 4.50. The van der Waals surface area contributed by atoms with Gasteiger partial charge in [0.15, 0.2) is 0 Å². The fraction of sp³-hybridized carbons (Fsp3) is 0.822. The molecule has 1 aliphatic heterocycles. The number of aliphatic hydroxyl groups excluding tert-OH is 1. The molecule has 3 unspecified atom stereocenters. The average Bonchev–Trinajstić information content (AvgIpc) is 3.86. The molecule has 2 rings (SSSR count). The molecule has 1 saturated heterocycles. The quantitative estimate of drug-likeness (QED) is 0.117.